The van der Waals surface area contributed by atoms with Gasteiger partial charge in [0.25, 0.3) is 5.91 Å². The van der Waals surface area contributed by atoms with Crippen LogP contribution in [0.5, 0.6) is 0 Å². The number of carbonyl (C=O) groups is 2. The number of rotatable bonds is 6. The number of amides is 2. The molecule has 10 heteroatoms. The van der Waals surface area contributed by atoms with Gasteiger partial charge in [0.2, 0.25) is 11.0 Å². The summed E-state index contributed by atoms with van der Waals surface area (Å²) in [6.45, 7) is 1.74. The first-order valence-corrected chi connectivity index (χ1v) is 10.7. The summed E-state index contributed by atoms with van der Waals surface area (Å²) in [6, 6.07) is 7.51. The summed E-state index contributed by atoms with van der Waals surface area (Å²) in [5.41, 5.74) is 1.63. The number of carbonyl (C=O) groups excluding carboxylic acids is 2. The van der Waals surface area contributed by atoms with E-state index in [2.05, 4.69) is 25.8 Å². The number of hydrogen-bond acceptors (Lipinski definition) is 7. The van der Waals surface area contributed by atoms with Gasteiger partial charge in [-0.05, 0) is 37.5 Å². The lowest BCUT2D eigenvalue weighted by atomic mass is 10.2. The van der Waals surface area contributed by atoms with Crippen molar-refractivity contribution in [2.75, 3.05) is 10.6 Å². The minimum atomic E-state index is -0.309. The summed E-state index contributed by atoms with van der Waals surface area (Å²) in [6.07, 6.45) is 2.44. The summed E-state index contributed by atoms with van der Waals surface area (Å²) >= 11 is 8.37. The molecule has 0 saturated heterocycles. The summed E-state index contributed by atoms with van der Waals surface area (Å²) < 4.78 is 0. The fourth-order valence-corrected chi connectivity index (χ4v) is 4.28. The highest BCUT2D eigenvalue weighted by atomic mass is 35.5. The van der Waals surface area contributed by atoms with Gasteiger partial charge in [-0.25, -0.2) is 4.98 Å². The van der Waals surface area contributed by atoms with Crippen LogP contribution in [0.25, 0.3) is 0 Å². The Kier molecular flexibility index (Phi) is 5.38. The molecule has 0 radical (unpaired) electrons. The predicted octanol–water partition coefficient (Wildman–Crippen LogP) is 4.15. The average molecular weight is 434 g/mol. The lowest BCUT2D eigenvalue weighted by Crippen LogP contribution is -2.12. The molecule has 7 nitrogen and oxygen atoms in total. The number of nitrogens with zero attached hydrogens (tertiary/aromatic N) is 3. The molecule has 1 aromatic carbocycles. The molecule has 0 spiro atoms. The Morgan fingerprint density at radius 2 is 1.86 bits per heavy atom. The normalized spacial score (nSPS) is 13.4. The van der Waals surface area contributed by atoms with Crippen molar-refractivity contribution in [1.82, 2.24) is 15.2 Å². The van der Waals surface area contributed by atoms with Crippen molar-refractivity contribution in [3.05, 3.63) is 50.4 Å². The van der Waals surface area contributed by atoms with Gasteiger partial charge in [-0.2, -0.15) is 0 Å². The SMILES string of the molecule is Cc1nc(NC(=O)C2CC2)sc1C(=O)Nc1nnc(Cc2ccc(Cl)cc2)s1. The van der Waals surface area contributed by atoms with Crippen LogP contribution in [0.3, 0.4) is 0 Å². The Bertz CT molecular complexity index is 1030. The molecule has 1 fully saturated rings. The highest BCUT2D eigenvalue weighted by Crippen LogP contribution is 2.31. The summed E-state index contributed by atoms with van der Waals surface area (Å²) in [5.74, 6) is -0.255. The Labute approximate surface area is 174 Å². The van der Waals surface area contributed by atoms with Crippen LogP contribution in [0.1, 0.15) is 38.8 Å². The number of aryl methyl sites for hydroxylation is 1. The zero-order valence-electron chi connectivity index (χ0n) is 14.9. The molecule has 2 heterocycles. The second-order valence-corrected chi connectivity index (χ2v) is 8.95. The summed E-state index contributed by atoms with van der Waals surface area (Å²) in [7, 11) is 0. The van der Waals surface area contributed by atoms with Gasteiger partial charge in [0, 0.05) is 17.4 Å². The van der Waals surface area contributed by atoms with Gasteiger partial charge < -0.3 is 5.32 Å². The fourth-order valence-electron chi connectivity index (χ4n) is 2.52. The van der Waals surface area contributed by atoms with Gasteiger partial charge in [0.1, 0.15) is 9.88 Å². The van der Waals surface area contributed by atoms with E-state index in [9.17, 15) is 9.59 Å². The fraction of sp³-hybridized carbons (Fsp3) is 0.278. The molecule has 0 atom stereocenters. The molecule has 0 unspecified atom stereocenters. The van der Waals surface area contributed by atoms with Crippen molar-refractivity contribution >= 4 is 56.4 Å². The van der Waals surface area contributed by atoms with E-state index >= 15 is 0 Å². The first kappa shape index (κ1) is 19.0. The largest absolute Gasteiger partial charge is 0.302 e. The highest BCUT2D eigenvalue weighted by molar-refractivity contribution is 7.18. The monoisotopic (exact) mass is 433 g/mol. The molecule has 3 aromatic rings. The molecule has 1 aliphatic rings. The molecular weight excluding hydrogens is 418 g/mol. The van der Waals surface area contributed by atoms with Crippen LogP contribution in [-0.4, -0.2) is 27.0 Å². The van der Waals surface area contributed by atoms with Crippen molar-refractivity contribution < 1.29 is 9.59 Å². The van der Waals surface area contributed by atoms with E-state index in [4.69, 9.17) is 11.6 Å². The van der Waals surface area contributed by atoms with Gasteiger partial charge in [0.15, 0.2) is 5.13 Å². The third-order valence-corrected chi connectivity index (χ3v) is 6.30. The number of thiazole rings is 1. The van der Waals surface area contributed by atoms with Gasteiger partial charge in [-0.15, -0.1) is 10.2 Å². The second kappa shape index (κ2) is 7.94. The molecule has 2 aromatic heterocycles. The Morgan fingerprint density at radius 3 is 2.57 bits per heavy atom. The van der Waals surface area contributed by atoms with E-state index in [-0.39, 0.29) is 17.7 Å². The van der Waals surface area contributed by atoms with Crippen LogP contribution in [0.15, 0.2) is 24.3 Å². The van der Waals surface area contributed by atoms with E-state index in [0.717, 1.165) is 34.7 Å². The topological polar surface area (TPSA) is 96.9 Å². The number of nitrogens with one attached hydrogen (secondary N) is 2. The van der Waals surface area contributed by atoms with Crippen LogP contribution in [-0.2, 0) is 11.2 Å². The molecule has 0 aliphatic heterocycles. The maximum Gasteiger partial charge on any atom is 0.269 e. The maximum atomic E-state index is 12.6. The predicted molar refractivity (Wildman–Crippen MR) is 110 cm³/mol. The summed E-state index contributed by atoms with van der Waals surface area (Å²) in [5, 5.41) is 16.0. The molecule has 144 valence electrons. The van der Waals surface area contributed by atoms with E-state index < -0.39 is 0 Å². The first-order valence-electron chi connectivity index (χ1n) is 8.64. The zero-order chi connectivity index (χ0) is 19.7. The van der Waals surface area contributed by atoms with E-state index in [1.165, 1.54) is 11.3 Å². The molecule has 0 bridgehead atoms. The zero-order valence-corrected chi connectivity index (χ0v) is 17.2. The van der Waals surface area contributed by atoms with Crippen LogP contribution in [0.2, 0.25) is 5.02 Å². The summed E-state index contributed by atoms with van der Waals surface area (Å²) in [4.78, 5) is 29.1. The van der Waals surface area contributed by atoms with Gasteiger partial charge in [-0.1, -0.05) is 46.4 Å². The molecule has 2 amide bonds. The van der Waals surface area contributed by atoms with E-state index in [1.807, 2.05) is 24.3 Å². The quantitative estimate of drug-likeness (QED) is 0.608. The molecule has 28 heavy (non-hydrogen) atoms. The molecular formula is C18H16ClN5O2S2. The first-order chi connectivity index (χ1) is 13.5. The second-order valence-electron chi connectivity index (χ2n) is 6.46. The van der Waals surface area contributed by atoms with Gasteiger partial charge in [-0.3, -0.25) is 14.9 Å². The van der Waals surface area contributed by atoms with E-state index in [0.29, 0.717) is 32.3 Å². The molecule has 1 aliphatic carbocycles. The minimum Gasteiger partial charge on any atom is -0.302 e. The average Bonchev–Trinajstić information content (AvgIpc) is 3.33. The van der Waals surface area contributed by atoms with E-state index in [1.54, 1.807) is 6.92 Å². The van der Waals surface area contributed by atoms with Crippen molar-refractivity contribution in [1.29, 1.82) is 0 Å². The standard InChI is InChI=1S/C18H16ClN5O2S2/c1-9-14(28-17(20-9)21-15(25)11-4-5-11)16(26)22-18-24-23-13(27-18)8-10-2-6-12(19)7-3-10/h2-3,6-7,11H,4-5,8H2,1H3,(H,20,21,25)(H,22,24,26). The third-order valence-electron chi connectivity index (χ3n) is 4.14. The molecule has 4 rings (SSSR count). The third kappa shape index (κ3) is 4.54. The Balaban J connectivity index is 1.39. The number of benzene rings is 1. The highest BCUT2D eigenvalue weighted by Gasteiger charge is 2.30. The van der Waals surface area contributed by atoms with Gasteiger partial charge in [0.05, 0.1) is 5.69 Å². The van der Waals surface area contributed by atoms with Crippen molar-refractivity contribution in [3.63, 3.8) is 0 Å². The number of anilines is 2. The minimum absolute atomic E-state index is 0.0309. The van der Waals surface area contributed by atoms with Crippen molar-refractivity contribution in [2.45, 2.75) is 26.2 Å². The van der Waals surface area contributed by atoms with Crippen LogP contribution in [0, 0.1) is 12.8 Å². The number of aromatic nitrogens is 3. The lowest BCUT2D eigenvalue weighted by molar-refractivity contribution is -0.117. The van der Waals surface area contributed by atoms with Crippen molar-refractivity contribution in [2.24, 2.45) is 5.92 Å². The lowest BCUT2D eigenvalue weighted by Gasteiger charge is -1.99. The Hall–Kier alpha value is -2.36. The molecule has 1 saturated carbocycles. The van der Waals surface area contributed by atoms with Crippen molar-refractivity contribution in [3.8, 4) is 0 Å². The smallest absolute Gasteiger partial charge is 0.269 e. The Morgan fingerprint density at radius 1 is 1.11 bits per heavy atom. The van der Waals surface area contributed by atoms with Gasteiger partial charge >= 0.3 is 0 Å². The van der Waals surface area contributed by atoms with Crippen LogP contribution in [0.4, 0.5) is 10.3 Å². The number of halogens is 1. The molecule has 2 N–H and O–H groups in total. The van der Waals surface area contributed by atoms with Crippen LogP contribution >= 0.6 is 34.3 Å². The van der Waals surface area contributed by atoms with Crippen LogP contribution < -0.4 is 10.6 Å². The maximum absolute atomic E-state index is 12.6. The number of hydrogen-bond donors (Lipinski definition) is 2.